The Morgan fingerprint density at radius 1 is 1.20 bits per heavy atom. The van der Waals surface area contributed by atoms with Crippen LogP contribution in [0.15, 0.2) is 44.8 Å². The summed E-state index contributed by atoms with van der Waals surface area (Å²) in [6.07, 6.45) is 1.24. The van der Waals surface area contributed by atoms with Crippen molar-refractivity contribution in [3.63, 3.8) is 0 Å². The molecular formula is C10H9FN2O5S2. The highest BCUT2D eigenvalue weighted by atomic mass is 32.3. The minimum absolute atomic E-state index is 0.0292. The number of aryl methyl sites for hydroxylation is 1. The molecule has 1 aromatic carbocycles. The summed E-state index contributed by atoms with van der Waals surface area (Å²) in [4.78, 5) is -1.14. The zero-order valence-corrected chi connectivity index (χ0v) is 11.7. The molecule has 0 fully saturated rings. The Balaban J connectivity index is 2.43. The number of anilines is 1. The molecule has 0 amide bonds. The van der Waals surface area contributed by atoms with E-state index in [0.717, 1.165) is 18.2 Å². The molecular weight excluding hydrogens is 311 g/mol. The van der Waals surface area contributed by atoms with E-state index in [4.69, 9.17) is 0 Å². The van der Waals surface area contributed by atoms with Gasteiger partial charge in [-0.05, 0) is 25.1 Å². The van der Waals surface area contributed by atoms with E-state index in [1.807, 2.05) is 0 Å². The van der Waals surface area contributed by atoms with Crippen molar-refractivity contribution in [2.24, 2.45) is 0 Å². The summed E-state index contributed by atoms with van der Waals surface area (Å²) in [5.41, 5.74) is 0.447. The lowest BCUT2D eigenvalue weighted by Crippen LogP contribution is -2.14. The van der Waals surface area contributed by atoms with Crippen LogP contribution in [-0.2, 0) is 20.2 Å². The van der Waals surface area contributed by atoms with E-state index in [1.54, 1.807) is 6.92 Å². The van der Waals surface area contributed by atoms with Gasteiger partial charge in [0.2, 0.25) is 0 Å². The normalized spacial score (nSPS) is 12.3. The molecule has 1 aromatic heterocycles. The van der Waals surface area contributed by atoms with Crippen molar-refractivity contribution < 1.29 is 25.2 Å². The second kappa shape index (κ2) is 4.87. The molecule has 108 valence electrons. The Hall–Kier alpha value is -1.94. The van der Waals surface area contributed by atoms with Crippen LogP contribution >= 0.6 is 0 Å². The summed E-state index contributed by atoms with van der Waals surface area (Å²) in [7, 11) is -9.07. The monoisotopic (exact) mass is 320 g/mol. The highest BCUT2D eigenvalue weighted by Crippen LogP contribution is 2.21. The first kappa shape index (κ1) is 14.5. The van der Waals surface area contributed by atoms with Gasteiger partial charge in [-0.3, -0.25) is 4.72 Å². The number of halogens is 1. The fourth-order valence-electron chi connectivity index (χ4n) is 1.36. The Morgan fingerprint density at radius 3 is 2.40 bits per heavy atom. The van der Waals surface area contributed by atoms with E-state index >= 15 is 0 Å². The van der Waals surface area contributed by atoms with E-state index in [2.05, 4.69) is 14.4 Å². The predicted molar refractivity (Wildman–Crippen MR) is 66.8 cm³/mol. The summed E-state index contributed by atoms with van der Waals surface area (Å²) < 4.78 is 65.1. The molecule has 0 aliphatic rings. The molecule has 10 heteroatoms. The van der Waals surface area contributed by atoms with Crippen molar-refractivity contribution in [3.8, 4) is 0 Å². The van der Waals surface area contributed by atoms with Gasteiger partial charge in [-0.15, -0.1) is 3.89 Å². The summed E-state index contributed by atoms with van der Waals surface area (Å²) in [6, 6.07) is 3.92. The molecule has 0 radical (unpaired) electrons. The molecule has 0 saturated carbocycles. The van der Waals surface area contributed by atoms with Crippen LogP contribution in [0.5, 0.6) is 0 Å². The molecule has 0 saturated heterocycles. The third-order valence-corrected chi connectivity index (χ3v) is 4.53. The van der Waals surface area contributed by atoms with Gasteiger partial charge in [0, 0.05) is 5.56 Å². The van der Waals surface area contributed by atoms with E-state index in [-0.39, 0.29) is 5.82 Å². The van der Waals surface area contributed by atoms with Crippen LogP contribution in [0.2, 0.25) is 0 Å². The molecule has 0 aliphatic heterocycles. The van der Waals surface area contributed by atoms with Crippen LogP contribution < -0.4 is 4.72 Å². The van der Waals surface area contributed by atoms with Crippen molar-refractivity contribution in [2.75, 3.05) is 4.72 Å². The maximum atomic E-state index is 12.9. The average molecular weight is 320 g/mol. The molecule has 2 rings (SSSR count). The fraction of sp³-hybridized carbons (Fsp3) is 0.100. The molecule has 0 unspecified atom stereocenters. The highest BCUT2D eigenvalue weighted by Gasteiger charge is 2.20. The predicted octanol–water partition coefficient (Wildman–Crippen LogP) is 1.44. The third kappa shape index (κ3) is 2.96. The van der Waals surface area contributed by atoms with Crippen molar-refractivity contribution in [2.45, 2.75) is 16.7 Å². The lowest BCUT2D eigenvalue weighted by Gasteiger charge is -2.06. The van der Waals surface area contributed by atoms with Gasteiger partial charge < -0.3 is 4.52 Å². The number of hydrogen-bond donors (Lipinski definition) is 1. The van der Waals surface area contributed by atoms with Crippen molar-refractivity contribution in [3.05, 3.63) is 36.1 Å². The number of rotatable bonds is 4. The SMILES string of the molecule is Cc1conc1NS(=O)(=O)c1cccc(S(=O)(=O)F)c1. The van der Waals surface area contributed by atoms with Crippen LogP contribution in [0.1, 0.15) is 5.56 Å². The summed E-state index contributed by atoms with van der Waals surface area (Å²) in [5, 5.41) is 3.44. The van der Waals surface area contributed by atoms with Gasteiger partial charge in [0.15, 0.2) is 5.82 Å². The van der Waals surface area contributed by atoms with Gasteiger partial charge in [0.25, 0.3) is 10.0 Å². The lowest BCUT2D eigenvalue weighted by atomic mass is 10.4. The van der Waals surface area contributed by atoms with Crippen LogP contribution in [0.3, 0.4) is 0 Å². The zero-order valence-electron chi connectivity index (χ0n) is 10.1. The van der Waals surface area contributed by atoms with Crippen molar-refractivity contribution in [1.82, 2.24) is 5.16 Å². The second-order valence-electron chi connectivity index (χ2n) is 3.86. The van der Waals surface area contributed by atoms with Crippen molar-refractivity contribution in [1.29, 1.82) is 0 Å². The quantitative estimate of drug-likeness (QED) is 0.854. The molecule has 1 N–H and O–H groups in total. The van der Waals surface area contributed by atoms with Gasteiger partial charge in [-0.25, -0.2) is 8.42 Å². The summed E-state index contributed by atoms with van der Waals surface area (Å²) >= 11 is 0. The molecule has 20 heavy (non-hydrogen) atoms. The number of benzene rings is 1. The maximum Gasteiger partial charge on any atom is 0.332 e. The maximum absolute atomic E-state index is 12.9. The number of sulfonamides is 1. The molecule has 0 bridgehead atoms. The van der Waals surface area contributed by atoms with Gasteiger partial charge >= 0.3 is 10.2 Å². The highest BCUT2D eigenvalue weighted by molar-refractivity contribution is 7.92. The number of nitrogens with one attached hydrogen (secondary N) is 1. The average Bonchev–Trinajstić information content (AvgIpc) is 2.73. The fourth-order valence-corrected chi connectivity index (χ4v) is 3.06. The molecule has 1 heterocycles. The molecule has 2 aromatic rings. The zero-order chi connectivity index (χ0) is 15.0. The number of hydrogen-bond acceptors (Lipinski definition) is 6. The second-order valence-corrected chi connectivity index (χ2v) is 6.89. The first-order chi connectivity index (χ1) is 9.20. The summed E-state index contributed by atoms with van der Waals surface area (Å²) in [5.74, 6) is -0.0292. The number of nitrogens with zero attached hydrogens (tertiary/aromatic N) is 1. The topological polar surface area (TPSA) is 106 Å². The lowest BCUT2D eigenvalue weighted by molar-refractivity contribution is 0.422. The Labute approximate surface area is 114 Å². The van der Waals surface area contributed by atoms with Gasteiger partial charge in [-0.2, -0.15) is 8.42 Å². The first-order valence-electron chi connectivity index (χ1n) is 5.19. The largest absolute Gasteiger partial charge is 0.362 e. The number of aromatic nitrogens is 1. The Kier molecular flexibility index (Phi) is 3.52. The minimum atomic E-state index is -4.98. The molecule has 0 spiro atoms. The third-order valence-electron chi connectivity index (χ3n) is 2.38. The minimum Gasteiger partial charge on any atom is -0.362 e. The smallest absolute Gasteiger partial charge is 0.332 e. The Bertz CT molecular complexity index is 842. The molecule has 7 nitrogen and oxygen atoms in total. The van der Waals surface area contributed by atoms with Crippen LogP contribution in [-0.4, -0.2) is 22.0 Å². The van der Waals surface area contributed by atoms with Gasteiger partial charge in [0.1, 0.15) is 6.26 Å². The van der Waals surface area contributed by atoms with Gasteiger partial charge in [-0.1, -0.05) is 11.2 Å². The van der Waals surface area contributed by atoms with Crippen LogP contribution in [0.4, 0.5) is 9.70 Å². The molecule has 0 aliphatic carbocycles. The Morgan fingerprint density at radius 2 is 1.85 bits per heavy atom. The standard InChI is InChI=1S/C10H9FN2O5S2/c1-7-6-18-12-10(7)13-20(16,17)9-4-2-3-8(5-9)19(11,14)15/h2-6H,1H3,(H,12,13). The van der Waals surface area contributed by atoms with E-state index in [1.165, 1.54) is 6.26 Å². The first-order valence-corrected chi connectivity index (χ1v) is 8.05. The summed E-state index contributed by atoms with van der Waals surface area (Å²) in [6.45, 7) is 1.57. The van der Waals surface area contributed by atoms with Crippen LogP contribution in [0, 0.1) is 6.92 Å². The van der Waals surface area contributed by atoms with Crippen LogP contribution in [0.25, 0.3) is 0 Å². The van der Waals surface area contributed by atoms with E-state index in [0.29, 0.717) is 11.6 Å². The van der Waals surface area contributed by atoms with Crippen molar-refractivity contribution >= 4 is 26.1 Å². The van der Waals surface area contributed by atoms with E-state index in [9.17, 15) is 20.7 Å². The van der Waals surface area contributed by atoms with Gasteiger partial charge in [0.05, 0.1) is 9.79 Å². The molecule has 0 atom stereocenters. The van der Waals surface area contributed by atoms with E-state index < -0.39 is 30.0 Å².